The highest BCUT2D eigenvalue weighted by Gasteiger charge is 2.14. The van der Waals surface area contributed by atoms with Crippen LogP contribution in [0.1, 0.15) is 0 Å². The van der Waals surface area contributed by atoms with Crippen LogP contribution in [-0.2, 0) is 0 Å². The third-order valence-electron chi connectivity index (χ3n) is 4.09. The second-order valence-corrected chi connectivity index (χ2v) is 5.42. The van der Waals surface area contributed by atoms with Crippen molar-refractivity contribution in [2.24, 2.45) is 0 Å². The fourth-order valence-corrected chi connectivity index (χ4v) is 3.05. The molecule has 0 saturated heterocycles. The van der Waals surface area contributed by atoms with Gasteiger partial charge in [-0.1, -0.05) is 0 Å². The molecule has 0 aliphatic rings. The van der Waals surface area contributed by atoms with Gasteiger partial charge in [-0.3, -0.25) is 0 Å². The summed E-state index contributed by atoms with van der Waals surface area (Å²) in [5.41, 5.74) is 3.97. The van der Waals surface area contributed by atoms with Gasteiger partial charge in [-0.05, 0) is 48.5 Å². The van der Waals surface area contributed by atoms with Crippen LogP contribution in [0.4, 0.5) is 0 Å². The van der Waals surface area contributed by atoms with Gasteiger partial charge < -0.3 is 13.8 Å². The summed E-state index contributed by atoms with van der Waals surface area (Å²) in [6.07, 6.45) is 5.16. The first-order chi connectivity index (χ1) is 11.4. The quantitative estimate of drug-likeness (QED) is 0.485. The molecule has 0 unspecified atom stereocenters. The van der Waals surface area contributed by atoms with Gasteiger partial charge in [0.15, 0.2) is 0 Å². The first-order valence-electron chi connectivity index (χ1n) is 7.38. The third-order valence-corrected chi connectivity index (χ3v) is 4.09. The Hall–Kier alpha value is -3.27. The lowest BCUT2D eigenvalue weighted by atomic mass is 10.0. The molecule has 0 spiro atoms. The van der Waals surface area contributed by atoms with E-state index in [1.54, 1.807) is 18.7 Å². The maximum atomic E-state index is 5.59. The summed E-state index contributed by atoms with van der Waals surface area (Å²) in [5, 5.41) is 2.17. The number of nitrogens with one attached hydrogen (secondary N) is 1. The third kappa shape index (κ3) is 1.82. The predicted molar refractivity (Wildman–Crippen MR) is 89.0 cm³/mol. The summed E-state index contributed by atoms with van der Waals surface area (Å²) in [5.74, 6) is 1.69. The predicted octanol–water partition coefficient (Wildman–Crippen LogP) is 5.24. The molecule has 0 radical (unpaired) electrons. The molecule has 110 valence electrons. The van der Waals surface area contributed by atoms with Crippen LogP contribution < -0.4 is 0 Å². The van der Waals surface area contributed by atoms with E-state index in [1.807, 2.05) is 36.4 Å². The molecule has 0 amide bonds. The van der Waals surface area contributed by atoms with Crippen molar-refractivity contribution < 1.29 is 8.83 Å². The molecule has 0 saturated carbocycles. The van der Waals surface area contributed by atoms with Crippen LogP contribution in [0.25, 0.3) is 44.6 Å². The minimum absolute atomic E-state index is 0.835. The van der Waals surface area contributed by atoms with E-state index in [1.165, 1.54) is 0 Å². The molecule has 0 atom stereocenters. The van der Waals surface area contributed by atoms with Crippen molar-refractivity contribution in [1.29, 1.82) is 0 Å². The van der Waals surface area contributed by atoms with Gasteiger partial charge in [-0.15, -0.1) is 0 Å². The van der Waals surface area contributed by atoms with Crippen LogP contribution in [0, 0.1) is 0 Å². The fourth-order valence-electron chi connectivity index (χ4n) is 3.05. The average molecular weight is 300 g/mol. The largest absolute Gasteiger partial charge is 0.464 e. The summed E-state index contributed by atoms with van der Waals surface area (Å²) in [7, 11) is 0. The highest BCUT2D eigenvalue weighted by atomic mass is 16.3. The van der Waals surface area contributed by atoms with Crippen LogP contribution in [0.3, 0.4) is 0 Å². The zero-order chi connectivity index (χ0) is 15.2. The minimum atomic E-state index is 0.835. The van der Waals surface area contributed by atoms with E-state index >= 15 is 0 Å². The van der Waals surface area contributed by atoms with Gasteiger partial charge in [0.2, 0.25) is 0 Å². The molecule has 1 N–H and O–H groups in total. The number of fused-ring (bicyclic) bond motifs is 3. The van der Waals surface area contributed by atoms with Crippen LogP contribution in [-0.4, -0.2) is 9.97 Å². The number of aromatic amines is 1. The summed E-state index contributed by atoms with van der Waals surface area (Å²) < 4.78 is 11.1. The Morgan fingerprint density at radius 1 is 0.870 bits per heavy atom. The van der Waals surface area contributed by atoms with Crippen molar-refractivity contribution in [1.82, 2.24) is 9.97 Å². The van der Waals surface area contributed by atoms with Gasteiger partial charge >= 0.3 is 0 Å². The molecule has 4 nitrogen and oxygen atoms in total. The molecule has 4 aromatic heterocycles. The molecule has 0 aliphatic heterocycles. The van der Waals surface area contributed by atoms with Crippen LogP contribution in [0.15, 0.2) is 76.1 Å². The minimum Gasteiger partial charge on any atom is -0.464 e. The molecule has 0 aliphatic carbocycles. The zero-order valence-corrected chi connectivity index (χ0v) is 12.1. The second kappa shape index (κ2) is 4.61. The maximum absolute atomic E-state index is 5.59. The van der Waals surface area contributed by atoms with Gasteiger partial charge in [0, 0.05) is 33.6 Å². The molecule has 0 fully saturated rings. The van der Waals surface area contributed by atoms with Gasteiger partial charge in [0.05, 0.1) is 12.5 Å². The molecule has 5 aromatic rings. The molecule has 0 bridgehead atoms. The van der Waals surface area contributed by atoms with E-state index < -0.39 is 0 Å². The number of nitrogens with zero attached hydrogens (tertiary/aromatic N) is 1. The van der Waals surface area contributed by atoms with Crippen LogP contribution >= 0.6 is 0 Å². The number of pyridine rings is 1. The van der Waals surface area contributed by atoms with E-state index in [-0.39, 0.29) is 0 Å². The number of hydrogen-bond donors (Lipinski definition) is 1. The van der Waals surface area contributed by atoms with E-state index in [2.05, 4.69) is 22.1 Å². The Bertz CT molecular complexity index is 1100. The second-order valence-electron chi connectivity index (χ2n) is 5.42. The molecular formula is C19H12N2O2. The van der Waals surface area contributed by atoms with Crippen molar-refractivity contribution in [3.63, 3.8) is 0 Å². The van der Waals surface area contributed by atoms with Crippen molar-refractivity contribution in [3.05, 3.63) is 67.3 Å². The molecule has 4 heteroatoms. The highest BCUT2D eigenvalue weighted by Crippen LogP contribution is 2.35. The maximum Gasteiger partial charge on any atom is 0.139 e. The number of aromatic nitrogens is 2. The fraction of sp³-hybridized carbons (Fsp3) is 0. The first-order valence-corrected chi connectivity index (χ1v) is 7.38. The smallest absolute Gasteiger partial charge is 0.139 e. The molecular weight excluding hydrogens is 288 g/mol. The van der Waals surface area contributed by atoms with E-state index in [0.717, 1.165) is 44.6 Å². The number of H-pyrrole nitrogens is 1. The Kier molecular flexibility index (Phi) is 2.46. The Labute approximate surface area is 131 Å². The summed E-state index contributed by atoms with van der Waals surface area (Å²) in [6, 6.07) is 15.9. The first kappa shape index (κ1) is 12.3. The van der Waals surface area contributed by atoms with Crippen molar-refractivity contribution in [2.75, 3.05) is 0 Å². The molecule has 23 heavy (non-hydrogen) atoms. The lowest BCUT2D eigenvalue weighted by Gasteiger charge is -2.01. The molecule has 4 heterocycles. The lowest BCUT2D eigenvalue weighted by molar-refractivity contribution is 0.582. The SMILES string of the molecule is c1coc(-c2ccc3[nH]c4nccc(-c5ccco5)c4c3c2)c1. The Morgan fingerprint density at radius 3 is 2.48 bits per heavy atom. The van der Waals surface area contributed by atoms with Crippen molar-refractivity contribution in [3.8, 4) is 22.6 Å². The Morgan fingerprint density at radius 2 is 1.70 bits per heavy atom. The van der Waals surface area contributed by atoms with Crippen LogP contribution in [0.5, 0.6) is 0 Å². The number of benzene rings is 1. The normalized spacial score (nSPS) is 11.5. The van der Waals surface area contributed by atoms with Crippen molar-refractivity contribution in [2.45, 2.75) is 0 Å². The van der Waals surface area contributed by atoms with Crippen LogP contribution in [0.2, 0.25) is 0 Å². The number of rotatable bonds is 2. The van der Waals surface area contributed by atoms with Gasteiger partial charge in [-0.25, -0.2) is 4.98 Å². The number of hydrogen-bond acceptors (Lipinski definition) is 3. The van der Waals surface area contributed by atoms with Gasteiger partial charge in [0.25, 0.3) is 0 Å². The summed E-state index contributed by atoms with van der Waals surface area (Å²) in [6.45, 7) is 0. The zero-order valence-electron chi connectivity index (χ0n) is 12.1. The van der Waals surface area contributed by atoms with Gasteiger partial charge in [-0.2, -0.15) is 0 Å². The lowest BCUT2D eigenvalue weighted by Crippen LogP contribution is -1.80. The summed E-state index contributed by atoms with van der Waals surface area (Å²) in [4.78, 5) is 7.83. The van der Waals surface area contributed by atoms with E-state index in [0.29, 0.717) is 0 Å². The topological polar surface area (TPSA) is 55.0 Å². The average Bonchev–Trinajstić information content (AvgIpc) is 3.33. The van der Waals surface area contributed by atoms with Crippen molar-refractivity contribution >= 4 is 21.9 Å². The van der Waals surface area contributed by atoms with E-state index in [9.17, 15) is 0 Å². The van der Waals surface area contributed by atoms with Gasteiger partial charge in [0.1, 0.15) is 17.2 Å². The molecule has 1 aromatic carbocycles. The molecule has 5 rings (SSSR count). The number of furan rings is 2. The summed E-state index contributed by atoms with van der Waals surface area (Å²) >= 11 is 0. The Balaban J connectivity index is 1.87. The highest BCUT2D eigenvalue weighted by molar-refractivity contribution is 6.13. The standard InChI is InChI=1S/C19H12N2O2/c1-3-16(22-9-1)12-5-6-15-14(11-12)18-13(17-4-2-10-23-17)7-8-20-19(18)21-15/h1-11H,(H,20,21). The van der Waals surface area contributed by atoms with E-state index in [4.69, 9.17) is 8.83 Å². The monoisotopic (exact) mass is 300 g/mol.